The highest BCUT2D eigenvalue weighted by atomic mass is 15.1. The fourth-order valence-corrected chi connectivity index (χ4v) is 12.1. The molecular formula is C71H48N2. The molecule has 1 aliphatic carbocycles. The van der Waals surface area contributed by atoms with Gasteiger partial charge in [-0.05, 0) is 138 Å². The molecule has 13 aromatic rings. The SMILES string of the molecule is c1ccc(-c2cccc3cccc(-c4ccc(N(c5ccc(-c6cccc(-n7c8ccccc8c8ccccc87)c6)cc5)c5ccc6c(c5)C(c5ccccc5)(c5ccccc5)c5ccccc5-6)cc4)c23)cc1. The van der Waals surface area contributed by atoms with Gasteiger partial charge in [0, 0.05) is 33.5 Å². The molecule has 0 fully saturated rings. The van der Waals surface area contributed by atoms with Crippen LogP contribution in [0, 0.1) is 0 Å². The average Bonchev–Trinajstić information content (AvgIpc) is 3.97. The van der Waals surface area contributed by atoms with Gasteiger partial charge in [-0.2, -0.15) is 0 Å². The van der Waals surface area contributed by atoms with Crippen molar-refractivity contribution in [1.29, 1.82) is 0 Å². The second-order valence-corrected chi connectivity index (χ2v) is 19.2. The van der Waals surface area contributed by atoms with Crippen LogP contribution in [0.1, 0.15) is 22.3 Å². The zero-order valence-electron chi connectivity index (χ0n) is 40.1. The van der Waals surface area contributed by atoms with Gasteiger partial charge >= 0.3 is 0 Å². The van der Waals surface area contributed by atoms with E-state index >= 15 is 0 Å². The van der Waals surface area contributed by atoms with Crippen LogP contribution >= 0.6 is 0 Å². The molecule has 1 aliphatic rings. The van der Waals surface area contributed by atoms with Gasteiger partial charge in [0.25, 0.3) is 0 Å². The fourth-order valence-electron chi connectivity index (χ4n) is 12.1. The molecule has 14 rings (SSSR count). The predicted octanol–water partition coefficient (Wildman–Crippen LogP) is 18.8. The van der Waals surface area contributed by atoms with Crippen LogP contribution in [0.3, 0.4) is 0 Å². The van der Waals surface area contributed by atoms with E-state index in [0.29, 0.717) is 0 Å². The molecule has 2 heteroatoms. The van der Waals surface area contributed by atoms with E-state index in [0.717, 1.165) is 33.9 Å². The van der Waals surface area contributed by atoms with Crippen molar-refractivity contribution in [2.75, 3.05) is 4.90 Å². The Labute approximate surface area is 426 Å². The Balaban J connectivity index is 0.927. The molecule has 0 atom stereocenters. The topological polar surface area (TPSA) is 8.17 Å². The average molecular weight is 929 g/mol. The minimum Gasteiger partial charge on any atom is -0.310 e. The number of hydrogen-bond donors (Lipinski definition) is 0. The van der Waals surface area contributed by atoms with Gasteiger partial charge in [-0.25, -0.2) is 0 Å². The smallest absolute Gasteiger partial charge is 0.0714 e. The summed E-state index contributed by atoms with van der Waals surface area (Å²) < 4.78 is 2.39. The van der Waals surface area contributed by atoms with Gasteiger partial charge in [0.2, 0.25) is 0 Å². The van der Waals surface area contributed by atoms with Gasteiger partial charge in [0.1, 0.15) is 0 Å². The van der Waals surface area contributed by atoms with Crippen molar-refractivity contribution < 1.29 is 0 Å². The van der Waals surface area contributed by atoms with E-state index in [-0.39, 0.29) is 0 Å². The first-order valence-electron chi connectivity index (χ1n) is 25.2. The zero-order valence-corrected chi connectivity index (χ0v) is 40.1. The Hall–Kier alpha value is -9.50. The van der Waals surface area contributed by atoms with Gasteiger partial charge in [-0.3, -0.25) is 0 Å². The van der Waals surface area contributed by atoms with Crippen molar-refractivity contribution in [2.24, 2.45) is 0 Å². The summed E-state index contributed by atoms with van der Waals surface area (Å²) >= 11 is 0. The largest absolute Gasteiger partial charge is 0.310 e. The van der Waals surface area contributed by atoms with Crippen molar-refractivity contribution in [1.82, 2.24) is 4.57 Å². The summed E-state index contributed by atoms with van der Waals surface area (Å²) in [5.74, 6) is 0. The monoisotopic (exact) mass is 928 g/mol. The van der Waals surface area contributed by atoms with Crippen LogP contribution in [-0.2, 0) is 5.41 Å². The lowest BCUT2D eigenvalue weighted by Crippen LogP contribution is -2.28. The summed E-state index contributed by atoms with van der Waals surface area (Å²) in [6.45, 7) is 0. The first-order chi connectivity index (χ1) is 36.2. The maximum Gasteiger partial charge on any atom is 0.0714 e. The molecule has 342 valence electrons. The van der Waals surface area contributed by atoms with Crippen molar-refractivity contribution >= 4 is 49.6 Å². The van der Waals surface area contributed by atoms with Gasteiger partial charge in [0.15, 0.2) is 0 Å². The summed E-state index contributed by atoms with van der Waals surface area (Å²) in [5.41, 5.74) is 21.0. The quantitative estimate of drug-likeness (QED) is 0.140. The number of rotatable bonds is 9. The highest BCUT2D eigenvalue weighted by molar-refractivity contribution is 6.09. The van der Waals surface area contributed by atoms with Gasteiger partial charge < -0.3 is 9.47 Å². The Bertz CT molecular complexity index is 4070. The van der Waals surface area contributed by atoms with E-state index < -0.39 is 5.41 Å². The molecular weight excluding hydrogens is 881 g/mol. The van der Waals surface area contributed by atoms with Crippen LogP contribution in [0.5, 0.6) is 0 Å². The van der Waals surface area contributed by atoms with Gasteiger partial charge in [0.05, 0.1) is 16.4 Å². The first kappa shape index (κ1) is 42.4. The van der Waals surface area contributed by atoms with Gasteiger partial charge in [-0.1, -0.05) is 231 Å². The molecule has 0 unspecified atom stereocenters. The van der Waals surface area contributed by atoms with Crippen molar-refractivity contribution in [3.05, 3.63) is 313 Å². The fraction of sp³-hybridized carbons (Fsp3) is 0.0141. The molecule has 0 amide bonds. The number of anilines is 3. The number of hydrogen-bond acceptors (Lipinski definition) is 1. The van der Waals surface area contributed by atoms with Crippen LogP contribution in [-0.4, -0.2) is 4.57 Å². The maximum atomic E-state index is 2.46. The Kier molecular flexibility index (Phi) is 10.1. The molecule has 2 nitrogen and oxygen atoms in total. The summed E-state index contributed by atoms with van der Waals surface area (Å²) in [6, 6.07) is 107. The third-order valence-corrected chi connectivity index (χ3v) is 15.3. The van der Waals surface area contributed by atoms with Crippen LogP contribution in [0.2, 0.25) is 0 Å². The highest BCUT2D eigenvalue weighted by Crippen LogP contribution is 2.57. The van der Waals surface area contributed by atoms with E-state index in [1.165, 1.54) is 88.2 Å². The van der Waals surface area contributed by atoms with Crippen molar-refractivity contribution in [3.8, 4) is 50.2 Å². The minimum atomic E-state index is -0.532. The predicted molar refractivity (Wildman–Crippen MR) is 307 cm³/mol. The standard InChI is InChI=1S/C71H48N2/c1-4-19-50(20-5-1)60-32-17-21-52-22-18-33-61(70(52)60)51-39-43-57(44-40-51)72(56-41-37-49(38-42-56)53-23-16-28-58(47-53)73-68-35-14-11-30-64(68)65-31-12-15-36-69(65)73)59-45-46-63-62-29-10-13-34-66(62)71(67(63)48-59,54-24-6-2-7-25-54)55-26-8-3-9-27-55/h1-48H. The third kappa shape index (κ3) is 6.87. The molecule has 0 aliphatic heterocycles. The van der Waals surface area contributed by atoms with Crippen LogP contribution in [0.4, 0.5) is 17.1 Å². The number of fused-ring (bicyclic) bond motifs is 7. The molecule has 0 N–H and O–H groups in total. The lowest BCUT2D eigenvalue weighted by atomic mass is 9.67. The maximum absolute atomic E-state index is 2.46. The lowest BCUT2D eigenvalue weighted by molar-refractivity contribution is 0.768. The van der Waals surface area contributed by atoms with E-state index in [2.05, 4.69) is 301 Å². The Morgan fingerprint density at radius 2 is 0.753 bits per heavy atom. The molecule has 0 saturated heterocycles. The summed E-state index contributed by atoms with van der Waals surface area (Å²) in [5, 5.41) is 5.00. The third-order valence-electron chi connectivity index (χ3n) is 15.3. The number of nitrogens with zero attached hydrogens (tertiary/aromatic N) is 2. The number of aromatic nitrogens is 1. The minimum absolute atomic E-state index is 0.532. The molecule has 0 bridgehead atoms. The molecule has 0 spiro atoms. The van der Waals surface area contributed by atoms with Crippen molar-refractivity contribution in [2.45, 2.75) is 5.41 Å². The van der Waals surface area contributed by atoms with Gasteiger partial charge in [-0.15, -0.1) is 0 Å². The lowest BCUT2D eigenvalue weighted by Gasteiger charge is -2.35. The van der Waals surface area contributed by atoms with E-state index in [9.17, 15) is 0 Å². The van der Waals surface area contributed by atoms with Crippen molar-refractivity contribution in [3.63, 3.8) is 0 Å². The van der Waals surface area contributed by atoms with Crippen LogP contribution < -0.4 is 4.90 Å². The molecule has 0 radical (unpaired) electrons. The first-order valence-corrected chi connectivity index (χ1v) is 25.2. The molecule has 73 heavy (non-hydrogen) atoms. The summed E-state index contributed by atoms with van der Waals surface area (Å²) in [4.78, 5) is 2.44. The van der Waals surface area contributed by atoms with E-state index in [1.54, 1.807) is 0 Å². The zero-order chi connectivity index (χ0) is 48.3. The van der Waals surface area contributed by atoms with E-state index in [1.807, 2.05) is 0 Å². The molecule has 1 aromatic heterocycles. The second kappa shape index (κ2) is 17.4. The molecule has 1 heterocycles. The van der Waals surface area contributed by atoms with E-state index in [4.69, 9.17) is 0 Å². The number of benzene rings is 12. The Morgan fingerprint density at radius 1 is 0.288 bits per heavy atom. The highest BCUT2D eigenvalue weighted by Gasteiger charge is 2.46. The second-order valence-electron chi connectivity index (χ2n) is 19.2. The van der Waals surface area contributed by atoms with Crippen LogP contribution in [0.15, 0.2) is 291 Å². The van der Waals surface area contributed by atoms with Crippen LogP contribution in [0.25, 0.3) is 82.8 Å². The molecule has 0 saturated carbocycles. The normalized spacial score (nSPS) is 12.5. The summed E-state index contributed by atoms with van der Waals surface area (Å²) in [7, 11) is 0. The summed E-state index contributed by atoms with van der Waals surface area (Å²) in [6.07, 6.45) is 0. The molecule has 12 aromatic carbocycles. The Morgan fingerprint density at radius 3 is 1.38 bits per heavy atom. The number of para-hydroxylation sites is 2.